The van der Waals surface area contributed by atoms with Gasteiger partial charge in [-0.05, 0) is 19.8 Å². The molecule has 14 heavy (non-hydrogen) atoms. The maximum atomic E-state index is 11.3. The Kier molecular flexibility index (Phi) is 6.54. The van der Waals surface area contributed by atoms with Gasteiger partial charge in [-0.3, -0.25) is 4.79 Å². The third kappa shape index (κ3) is 4.09. The standard InChI is InChI=1S/C11H24N2O/c1-6-10(7-2)8(3)13-9(4)11(14)12-5/h8-10,13H,6-7H2,1-5H3,(H,12,14). The van der Waals surface area contributed by atoms with Gasteiger partial charge in [0.2, 0.25) is 5.91 Å². The van der Waals surface area contributed by atoms with Gasteiger partial charge >= 0.3 is 0 Å². The SMILES string of the molecule is CCC(CC)C(C)NC(C)C(=O)NC. The Labute approximate surface area is 87.6 Å². The van der Waals surface area contributed by atoms with Crippen molar-refractivity contribution in [3.8, 4) is 0 Å². The van der Waals surface area contributed by atoms with Crippen molar-refractivity contribution in [2.24, 2.45) is 5.92 Å². The molecule has 0 rings (SSSR count). The number of rotatable bonds is 6. The van der Waals surface area contributed by atoms with Crippen molar-refractivity contribution in [3.05, 3.63) is 0 Å². The molecule has 0 aliphatic rings. The Bertz CT molecular complexity index is 167. The summed E-state index contributed by atoms with van der Waals surface area (Å²) in [4.78, 5) is 11.3. The number of carbonyl (C=O) groups excluding carboxylic acids is 1. The van der Waals surface area contributed by atoms with E-state index in [0.29, 0.717) is 12.0 Å². The second kappa shape index (κ2) is 6.82. The number of likely N-dealkylation sites (N-methyl/N-ethyl adjacent to an activating group) is 1. The van der Waals surface area contributed by atoms with E-state index in [0.717, 1.165) is 12.8 Å². The molecule has 0 spiro atoms. The van der Waals surface area contributed by atoms with Crippen LogP contribution in [0.5, 0.6) is 0 Å². The molecule has 3 heteroatoms. The van der Waals surface area contributed by atoms with Gasteiger partial charge in [0.15, 0.2) is 0 Å². The predicted octanol–water partition coefficient (Wildman–Crippen LogP) is 1.54. The lowest BCUT2D eigenvalue weighted by Gasteiger charge is -2.25. The van der Waals surface area contributed by atoms with E-state index in [4.69, 9.17) is 0 Å². The van der Waals surface area contributed by atoms with E-state index in [-0.39, 0.29) is 11.9 Å². The van der Waals surface area contributed by atoms with Crippen LogP contribution < -0.4 is 10.6 Å². The zero-order chi connectivity index (χ0) is 11.1. The Hall–Kier alpha value is -0.570. The molecule has 2 unspecified atom stereocenters. The monoisotopic (exact) mass is 200 g/mol. The first-order chi connectivity index (χ1) is 6.56. The fraction of sp³-hybridized carbons (Fsp3) is 0.909. The van der Waals surface area contributed by atoms with Gasteiger partial charge in [-0.2, -0.15) is 0 Å². The summed E-state index contributed by atoms with van der Waals surface area (Å²) in [6, 6.07) is 0.299. The van der Waals surface area contributed by atoms with Gasteiger partial charge in [-0.1, -0.05) is 26.7 Å². The highest BCUT2D eigenvalue weighted by molar-refractivity contribution is 5.80. The molecular formula is C11H24N2O. The van der Waals surface area contributed by atoms with Crippen LogP contribution in [0.2, 0.25) is 0 Å². The second-order valence-corrected chi connectivity index (χ2v) is 3.87. The average molecular weight is 200 g/mol. The molecule has 0 radical (unpaired) electrons. The van der Waals surface area contributed by atoms with Crippen LogP contribution in [0.4, 0.5) is 0 Å². The van der Waals surface area contributed by atoms with Crippen LogP contribution in [-0.2, 0) is 4.79 Å². The van der Waals surface area contributed by atoms with Crippen molar-refractivity contribution < 1.29 is 4.79 Å². The van der Waals surface area contributed by atoms with Crippen molar-refractivity contribution in [2.45, 2.75) is 52.6 Å². The third-order valence-corrected chi connectivity index (χ3v) is 2.91. The highest BCUT2D eigenvalue weighted by atomic mass is 16.2. The minimum atomic E-state index is -0.101. The largest absolute Gasteiger partial charge is 0.358 e. The summed E-state index contributed by atoms with van der Waals surface area (Å²) in [5.74, 6) is 0.713. The highest BCUT2D eigenvalue weighted by Gasteiger charge is 2.18. The van der Waals surface area contributed by atoms with Crippen LogP contribution in [0.1, 0.15) is 40.5 Å². The predicted molar refractivity (Wildman–Crippen MR) is 60.2 cm³/mol. The molecule has 84 valence electrons. The van der Waals surface area contributed by atoms with Crippen LogP contribution in [-0.4, -0.2) is 25.0 Å². The van der Waals surface area contributed by atoms with Crippen molar-refractivity contribution in [1.82, 2.24) is 10.6 Å². The molecule has 2 atom stereocenters. The zero-order valence-corrected chi connectivity index (χ0v) is 10.1. The van der Waals surface area contributed by atoms with Crippen molar-refractivity contribution in [2.75, 3.05) is 7.05 Å². The Balaban J connectivity index is 4.03. The lowest BCUT2D eigenvalue weighted by Crippen LogP contribution is -2.46. The number of carbonyl (C=O) groups is 1. The molecule has 0 fully saturated rings. The first-order valence-corrected chi connectivity index (χ1v) is 5.54. The van der Waals surface area contributed by atoms with E-state index in [2.05, 4.69) is 31.4 Å². The maximum absolute atomic E-state index is 11.3. The van der Waals surface area contributed by atoms with Crippen LogP contribution in [0.25, 0.3) is 0 Å². The number of amides is 1. The summed E-state index contributed by atoms with van der Waals surface area (Å²) in [7, 11) is 1.67. The van der Waals surface area contributed by atoms with E-state index in [9.17, 15) is 4.79 Å². The quantitative estimate of drug-likeness (QED) is 0.683. The summed E-state index contributed by atoms with van der Waals surface area (Å²) in [5.41, 5.74) is 0. The van der Waals surface area contributed by atoms with Gasteiger partial charge in [0, 0.05) is 13.1 Å². The van der Waals surface area contributed by atoms with Crippen molar-refractivity contribution in [3.63, 3.8) is 0 Å². The number of hydrogen-bond acceptors (Lipinski definition) is 2. The van der Waals surface area contributed by atoms with Gasteiger partial charge in [-0.15, -0.1) is 0 Å². The number of nitrogens with one attached hydrogen (secondary N) is 2. The lowest BCUT2D eigenvalue weighted by atomic mass is 9.95. The topological polar surface area (TPSA) is 41.1 Å². The lowest BCUT2D eigenvalue weighted by molar-refractivity contribution is -0.122. The molecule has 0 aliphatic carbocycles. The van der Waals surface area contributed by atoms with Crippen LogP contribution in [0, 0.1) is 5.92 Å². The molecule has 0 aliphatic heterocycles. The van der Waals surface area contributed by atoms with Crippen molar-refractivity contribution in [1.29, 1.82) is 0 Å². The fourth-order valence-electron chi connectivity index (χ4n) is 1.82. The van der Waals surface area contributed by atoms with Crippen molar-refractivity contribution >= 4 is 5.91 Å². The molecule has 0 bridgehead atoms. The maximum Gasteiger partial charge on any atom is 0.236 e. The summed E-state index contributed by atoms with van der Waals surface area (Å²) in [6.07, 6.45) is 2.32. The molecule has 0 saturated carbocycles. The molecule has 0 aromatic heterocycles. The van der Waals surface area contributed by atoms with Crippen LogP contribution in [0.3, 0.4) is 0 Å². The van der Waals surface area contributed by atoms with E-state index in [1.165, 1.54) is 0 Å². The smallest absolute Gasteiger partial charge is 0.236 e. The zero-order valence-electron chi connectivity index (χ0n) is 10.1. The number of hydrogen-bond donors (Lipinski definition) is 2. The Morgan fingerprint density at radius 2 is 1.71 bits per heavy atom. The average Bonchev–Trinajstić information content (AvgIpc) is 2.18. The van der Waals surface area contributed by atoms with Crippen LogP contribution >= 0.6 is 0 Å². The van der Waals surface area contributed by atoms with E-state index in [1.54, 1.807) is 7.05 Å². The van der Waals surface area contributed by atoms with Crippen LogP contribution in [0.15, 0.2) is 0 Å². The third-order valence-electron chi connectivity index (χ3n) is 2.91. The first-order valence-electron chi connectivity index (χ1n) is 5.54. The molecular weight excluding hydrogens is 176 g/mol. The van der Waals surface area contributed by atoms with E-state index >= 15 is 0 Å². The minimum Gasteiger partial charge on any atom is -0.358 e. The molecule has 0 saturated heterocycles. The van der Waals surface area contributed by atoms with E-state index < -0.39 is 0 Å². The minimum absolute atomic E-state index is 0.0582. The fourth-order valence-corrected chi connectivity index (χ4v) is 1.82. The summed E-state index contributed by atoms with van der Waals surface area (Å²) in [5, 5.41) is 5.96. The Morgan fingerprint density at radius 1 is 1.21 bits per heavy atom. The molecule has 0 heterocycles. The molecule has 1 amide bonds. The molecule has 0 aromatic carbocycles. The van der Waals surface area contributed by atoms with Gasteiger partial charge in [0.25, 0.3) is 0 Å². The molecule has 3 nitrogen and oxygen atoms in total. The Morgan fingerprint density at radius 3 is 2.07 bits per heavy atom. The highest BCUT2D eigenvalue weighted by Crippen LogP contribution is 2.12. The van der Waals surface area contributed by atoms with E-state index in [1.807, 2.05) is 6.92 Å². The van der Waals surface area contributed by atoms with Gasteiger partial charge in [0.05, 0.1) is 6.04 Å². The summed E-state index contributed by atoms with van der Waals surface area (Å²) < 4.78 is 0. The van der Waals surface area contributed by atoms with Gasteiger partial charge in [-0.25, -0.2) is 0 Å². The first kappa shape index (κ1) is 13.4. The second-order valence-electron chi connectivity index (χ2n) is 3.87. The van der Waals surface area contributed by atoms with Gasteiger partial charge in [0.1, 0.15) is 0 Å². The van der Waals surface area contributed by atoms with Gasteiger partial charge < -0.3 is 10.6 Å². The molecule has 2 N–H and O–H groups in total. The summed E-state index contributed by atoms with van der Waals surface area (Å²) in [6.45, 7) is 8.43. The normalized spacial score (nSPS) is 15.3. The molecule has 0 aromatic rings. The summed E-state index contributed by atoms with van der Waals surface area (Å²) >= 11 is 0.